The molecule has 0 aromatic carbocycles. The maximum Gasteiger partial charge on any atom is 0.259 e. The first kappa shape index (κ1) is 15.7. The highest BCUT2D eigenvalue weighted by Crippen LogP contribution is 1.91. The van der Waals surface area contributed by atoms with Crippen LogP contribution in [0.25, 0.3) is 0 Å². The Labute approximate surface area is 101 Å². The van der Waals surface area contributed by atoms with Crippen molar-refractivity contribution < 1.29 is 9.90 Å². The number of aliphatic imine (C=N–C) groups is 2. The lowest BCUT2D eigenvalue weighted by molar-refractivity contribution is -0.111. The first-order valence-electron chi connectivity index (χ1n) is 5.44. The molecule has 0 saturated carbocycles. The normalized spacial score (nSPS) is 13.9. The van der Waals surface area contributed by atoms with Crippen molar-refractivity contribution in [1.29, 1.82) is 0 Å². The molecular weight excluding hydrogens is 222 g/mol. The summed E-state index contributed by atoms with van der Waals surface area (Å²) in [6, 6.07) is 0. The van der Waals surface area contributed by atoms with Gasteiger partial charge in [-0.05, 0) is 26.9 Å². The van der Waals surface area contributed by atoms with Crippen LogP contribution in [-0.4, -0.2) is 61.5 Å². The molecule has 0 aliphatic heterocycles. The van der Waals surface area contributed by atoms with Crippen LogP contribution in [0.4, 0.5) is 0 Å². The number of hydrogen-bond donors (Lipinski definition) is 3. The molecule has 17 heavy (non-hydrogen) atoms. The van der Waals surface area contributed by atoms with Crippen molar-refractivity contribution in [3.63, 3.8) is 0 Å². The number of hydrogen-bond acceptors (Lipinski definition) is 5. The number of rotatable bonds is 9. The minimum atomic E-state index is -0.592. The van der Waals surface area contributed by atoms with E-state index in [1.54, 1.807) is 6.92 Å². The zero-order valence-electron chi connectivity index (χ0n) is 10.3. The minimum absolute atomic E-state index is 0.420. The van der Waals surface area contributed by atoms with E-state index in [2.05, 4.69) is 15.3 Å². The molecule has 0 aliphatic rings. The highest BCUT2D eigenvalue weighted by Gasteiger charge is 2.02. The van der Waals surface area contributed by atoms with E-state index in [0.717, 1.165) is 25.7 Å². The van der Waals surface area contributed by atoms with Gasteiger partial charge in [0.2, 0.25) is 0 Å². The number of primary amides is 1. The molecule has 4 N–H and O–H groups in total. The number of carbonyl (C=O) groups is 1. The van der Waals surface area contributed by atoms with E-state index < -0.39 is 12.1 Å². The average Bonchev–Trinajstić information content (AvgIpc) is 2.25. The lowest BCUT2D eigenvalue weighted by Crippen LogP contribution is -2.31. The summed E-state index contributed by atoms with van der Waals surface area (Å²) in [5.41, 5.74) is 4.83. The number of nitrogens with one attached hydrogen (secondary N) is 1. The summed E-state index contributed by atoms with van der Waals surface area (Å²) in [4.78, 5) is 19.6. The number of amides is 1. The fraction of sp³-hybridized carbons (Fsp3) is 0.700. The molecule has 0 rings (SSSR count). The van der Waals surface area contributed by atoms with Crippen LogP contribution in [-0.2, 0) is 4.79 Å². The van der Waals surface area contributed by atoms with E-state index in [4.69, 9.17) is 5.73 Å². The molecule has 0 bridgehead atoms. The molecule has 0 heterocycles. The van der Waals surface area contributed by atoms with Crippen molar-refractivity contribution in [2.75, 3.05) is 26.8 Å². The Hall–Kier alpha value is -1.31. The second-order valence-corrected chi connectivity index (χ2v) is 3.60. The number of nitrogens with zero attached hydrogens (tertiary/aromatic N) is 3. The van der Waals surface area contributed by atoms with E-state index in [0.29, 0.717) is 6.67 Å². The Bertz CT molecular complexity index is 265. The maximum absolute atomic E-state index is 10.3. The average molecular weight is 243 g/mol. The summed E-state index contributed by atoms with van der Waals surface area (Å²) in [7, 11) is 1.86. The van der Waals surface area contributed by atoms with E-state index >= 15 is 0 Å². The summed E-state index contributed by atoms with van der Waals surface area (Å²) >= 11 is 0. The van der Waals surface area contributed by atoms with Crippen molar-refractivity contribution in [2.45, 2.75) is 19.6 Å². The molecule has 7 heteroatoms. The fourth-order valence-corrected chi connectivity index (χ4v) is 0.979. The lowest BCUT2D eigenvalue weighted by Gasteiger charge is -2.19. The van der Waals surface area contributed by atoms with Gasteiger partial charge in [0.1, 0.15) is 12.6 Å². The van der Waals surface area contributed by atoms with Crippen molar-refractivity contribution in [3.8, 4) is 0 Å². The largest absolute Gasteiger partial charge is 0.379 e. The lowest BCUT2D eigenvalue weighted by atomic mass is 10.4. The van der Waals surface area contributed by atoms with Gasteiger partial charge in [-0.25, -0.2) is 4.99 Å². The van der Waals surface area contributed by atoms with Crippen molar-refractivity contribution in [2.24, 2.45) is 15.7 Å². The molecule has 7 nitrogen and oxygen atoms in total. The second kappa shape index (κ2) is 9.88. The highest BCUT2D eigenvalue weighted by molar-refractivity contribution is 6.26. The van der Waals surface area contributed by atoms with E-state index in [1.165, 1.54) is 6.34 Å². The Morgan fingerprint density at radius 3 is 2.94 bits per heavy atom. The number of carbonyl (C=O) groups excluding carboxylic acids is 1. The Morgan fingerprint density at radius 2 is 2.35 bits per heavy atom. The highest BCUT2D eigenvalue weighted by atomic mass is 16.3. The van der Waals surface area contributed by atoms with Gasteiger partial charge in [-0.2, -0.15) is 0 Å². The van der Waals surface area contributed by atoms with Gasteiger partial charge in [0.15, 0.2) is 0 Å². The third kappa shape index (κ3) is 11.0. The van der Waals surface area contributed by atoms with E-state index in [-0.39, 0.29) is 0 Å². The van der Waals surface area contributed by atoms with Gasteiger partial charge in [0.25, 0.3) is 5.91 Å². The van der Waals surface area contributed by atoms with Gasteiger partial charge in [0, 0.05) is 6.54 Å². The second-order valence-electron chi connectivity index (χ2n) is 3.60. The predicted octanol–water partition coefficient (Wildman–Crippen LogP) is -1.22. The van der Waals surface area contributed by atoms with Gasteiger partial charge in [-0.15, -0.1) is 0 Å². The molecule has 0 aromatic rings. The van der Waals surface area contributed by atoms with Gasteiger partial charge in [0.05, 0.1) is 12.9 Å². The van der Waals surface area contributed by atoms with Crippen LogP contribution >= 0.6 is 0 Å². The van der Waals surface area contributed by atoms with Crippen LogP contribution in [0.2, 0.25) is 0 Å². The monoisotopic (exact) mass is 243 g/mol. The molecule has 1 atom stereocenters. The molecule has 98 valence electrons. The van der Waals surface area contributed by atoms with Gasteiger partial charge >= 0.3 is 0 Å². The topological polar surface area (TPSA) is 103 Å². The predicted molar refractivity (Wildman–Crippen MR) is 68.0 cm³/mol. The van der Waals surface area contributed by atoms with E-state index in [9.17, 15) is 9.90 Å². The first-order valence-corrected chi connectivity index (χ1v) is 5.44. The third-order valence-corrected chi connectivity index (χ3v) is 2.06. The summed E-state index contributed by atoms with van der Waals surface area (Å²) in [5, 5.41) is 12.3. The molecule has 1 unspecified atom stereocenters. The van der Waals surface area contributed by atoms with Gasteiger partial charge in [-0.1, -0.05) is 0 Å². The quantitative estimate of drug-likeness (QED) is 0.204. The molecule has 0 saturated heterocycles. The summed E-state index contributed by atoms with van der Waals surface area (Å²) in [6.45, 7) is 3.78. The van der Waals surface area contributed by atoms with Crippen molar-refractivity contribution in [3.05, 3.63) is 0 Å². The molecule has 0 aliphatic carbocycles. The number of aliphatic hydroxyl groups is 1. The Balaban J connectivity index is 3.38. The van der Waals surface area contributed by atoms with Crippen molar-refractivity contribution >= 4 is 18.5 Å². The molecule has 0 radical (unpaired) electrons. The maximum atomic E-state index is 10.3. The smallest absolute Gasteiger partial charge is 0.259 e. The van der Waals surface area contributed by atoms with Gasteiger partial charge < -0.3 is 10.8 Å². The Kier molecular flexibility index (Phi) is 9.12. The van der Waals surface area contributed by atoms with Crippen LogP contribution in [0.5, 0.6) is 0 Å². The zero-order chi connectivity index (χ0) is 13.1. The Morgan fingerprint density at radius 1 is 1.65 bits per heavy atom. The van der Waals surface area contributed by atoms with E-state index in [1.807, 2.05) is 11.9 Å². The van der Waals surface area contributed by atoms with Crippen LogP contribution in [0, 0.1) is 0 Å². The standard InChI is InChI=1S/C10H21N5O2/c1-9(16)15(2)5-3-4-12-7-14-8-13-6-10(11)17/h6,8-9,12,16H,3-5,7H2,1-2H3,(H2,11,17). The number of aliphatic hydroxyl groups excluding tert-OH is 1. The zero-order valence-corrected chi connectivity index (χ0v) is 10.3. The van der Waals surface area contributed by atoms with Crippen LogP contribution < -0.4 is 11.1 Å². The third-order valence-electron chi connectivity index (χ3n) is 2.06. The number of nitrogens with two attached hydrogens (primary N) is 1. The van der Waals surface area contributed by atoms with Crippen LogP contribution in [0.15, 0.2) is 9.98 Å². The summed E-state index contributed by atoms with van der Waals surface area (Å²) < 4.78 is 0. The first-order chi connectivity index (χ1) is 8.04. The van der Waals surface area contributed by atoms with Gasteiger partial charge in [-0.3, -0.25) is 20.0 Å². The SMILES string of the molecule is CC(O)N(C)CCCNCN=CN=CC(N)=O. The molecule has 1 amide bonds. The molecule has 0 fully saturated rings. The molecule has 0 spiro atoms. The van der Waals surface area contributed by atoms with Crippen LogP contribution in [0.3, 0.4) is 0 Å². The molecular formula is C10H21N5O2. The molecule has 0 aromatic heterocycles. The van der Waals surface area contributed by atoms with Crippen molar-refractivity contribution in [1.82, 2.24) is 10.2 Å². The van der Waals surface area contributed by atoms with Crippen LogP contribution in [0.1, 0.15) is 13.3 Å². The fourth-order valence-electron chi connectivity index (χ4n) is 0.979. The summed E-state index contributed by atoms with van der Waals surface area (Å²) in [5.74, 6) is -0.592. The minimum Gasteiger partial charge on any atom is -0.379 e. The summed E-state index contributed by atoms with van der Waals surface area (Å²) in [6.07, 6.45) is 2.78.